The smallest absolute Gasteiger partial charge is 0.408 e. The molecule has 1 heterocycles. The number of β-amino-alcohol motifs (C(OH)–C–C–N with tert-alkyl or cyclic N) is 1. The number of aliphatic hydroxyl groups excluding tert-OH is 1. The maximum atomic E-state index is 11.9. The van der Waals surface area contributed by atoms with Crippen molar-refractivity contribution < 1.29 is 24.2 Å². The molecule has 0 saturated carbocycles. The van der Waals surface area contributed by atoms with Gasteiger partial charge >= 0.3 is 12.1 Å². The summed E-state index contributed by atoms with van der Waals surface area (Å²) < 4.78 is 9.77. The van der Waals surface area contributed by atoms with Crippen molar-refractivity contribution in [2.45, 2.75) is 44.9 Å². The molecule has 1 amide bonds. The summed E-state index contributed by atoms with van der Waals surface area (Å²) in [6.45, 7) is 5.80. The van der Waals surface area contributed by atoms with Crippen molar-refractivity contribution in [2.24, 2.45) is 4.99 Å². The molecule has 1 aliphatic rings. The second-order valence-corrected chi connectivity index (χ2v) is 6.51. The van der Waals surface area contributed by atoms with Crippen LogP contribution in [0.5, 0.6) is 0 Å². The highest BCUT2D eigenvalue weighted by Gasteiger charge is 2.27. The number of alkyl carbamates (subject to hydrolysis) is 1. The van der Waals surface area contributed by atoms with Crippen molar-refractivity contribution in [3.8, 4) is 6.19 Å². The van der Waals surface area contributed by atoms with Crippen LogP contribution in [-0.4, -0.2) is 72.5 Å². The summed E-state index contributed by atoms with van der Waals surface area (Å²) in [6.07, 6.45) is 1.05. The topological polar surface area (TPSA) is 136 Å². The van der Waals surface area contributed by atoms with Gasteiger partial charge in [0, 0.05) is 13.1 Å². The fourth-order valence-electron chi connectivity index (χ4n) is 2.15. The Morgan fingerprint density at radius 2 is 2.16 bits per heavy atom. The van der Waals surface area contributed by atoms with E-state index in [1.54, 1.807) is 31.9 Å². The normalized spacial score (nSPS) is 19.0. The van der Waals surface area contributed by atoms with Crippen LogP contribution in [0.15, 0.2) is 4.99 Å². The summed E-state index contributed by atoms with van der Waals surface area (Å²) in [7, 11) is 1.20. The number of aliphatic hydroxyl groups is 1. The molecule has 1 fully saturated rings. The minimum atomic E-state index is -1.07. The van der Waals surface area contributed by atoms with Gasteiger partial charge in [0.1, 0.15) is 11.6 Å². The Morgan fingerprint density at radius 3 is 2.64 bits per heavy atom. The molecule has 2 atom stereocenters. The van der Waals surface area contributed by atoms with E-state index in [1.165, 1.54) is 7.11 Å². The number of nitrogens with one attached hydrogen (secondary N) is 2. The number of hydrogen-bond acceptors (Lipinski definition) is 7. The maximum absolute atomic E-state index is 11.9. The van der Waals surface area contributed by atoms with E-state index < -0.39 is 29.8 Å². The lowest BCUT2D eigenvalue weighted by Gasteiger charge is -2.23. The lowest BCUT2D eigenvalue weighted by Crippen LogP contribution is -2.47. The summed E-state index contributed by atoms with van der Waals surface area (Å²) in [5, 5.41) is 23.3. The van der Waals surface area contributed by atoms with Gasteiger partial charge < -0.3 is 24.8 Å². The number of ether oxygens (including phenoxy) is 2. The molecule has 25 heavy (non-hydrogen) atoms. The molecular formula is C15H25N5O5. The van der Waals surface area contributed by atoms with Gasteiger partial charge in [-0.2, -0.15) is 5.26 Å². The van der Waals surface area contributed by atoms with Crippen LogP contribution >= 0.6 is 0 Å². The van der Waals surface area contributed by atoms with E-state index in [-0.39, 0.29) is 12.5 Å². The van der Waals surface area contributed by atoms with Crippen molar-refractivity contribution in [1.82, 2.24) is 15.5 Å². The molecule has 0 aromatic heterocycles. The summed E-state index contributed by atoms with van der Waals surface area (Å²) in [5.41, 5.74) is -0.715. The predicted molar refractivity (Wildman–Crippen MR) is 88.4 cm³/mol. The van der Waals surface area contributed by atoms with Crippen LogP contribution in [-0.2, 0) is 14.3 Å². The van der Waals surface area contributed by atoms with Crippen molar-refractivity contribution >= 4 is 18.0 Å². The van der Waals surface area contributed by atoms with Crippen LogP contribution in [0.25, 0.3) is 0 Å². The zero-order chi connectivity index (χ0) is 19.0. The number of carbonyl (C=O) groups is 2. The average molecular weight is 355 g/mol. The Labute approximate surface area is 146 Å². The van der Waals surface area contributed by atoms with Gasteiger partial charge in [-0.25, -0.2) is 14.6 Å². The summed E-state index contributed by atoms with van der Waals surface area (Å²) in [4.78, 5) is 29.6. The molecule has 140 valence electrons. The average Bonchev–Trinajstić information content (AvgIpc) is 2.93. The zero-order valence-electron chi connectivity index (χ0n) is 14.9. The van der Waals surface area contributed by atoms with Crippen molar-refractivity contribution in [3.63, 3.8) is 0 Å². The number of hydrogen-bond donors (Lipinski definition) is 3. The van der Waals surface area contributed by atoms with E-state index >= 15 is 0 Å². The van der Waals surface area contributed by atoms with E-state index in [9.17, 15) is 14.7 Å². The molecule has 0 aromatic rings. The number of likely N-dealkylation sites (tertiary alicyclic amines) is 1. The van der Waals surface area contributed by atoms with Crippen LogP contribution in [0.4, 0.5) is 4.79 Å². The molecule has 0 bridgehead atoms. The first kappa shape index (κ1) is 20.5. The quantitative estimate of drug-likeness (QED) is 0.203. The molecule has 10 heteroatoms. The third-order valence-corrected chi connectivity index (χ3v) is 3.23. The van der Waals surface area contributed by atoms with Gasteiger partial charge in [0.25, 0.3) is 0 Å². The van der Waals surface area contributed by atoms with Gasteiger partial charge in [0.2, 0.25) is 5.96 Å². The number of esters is 1. The van der Waals surface area contributed by atoms with E-state index in [0.29, 0.717) is 19.5 Å². The first-order valence-electron chi connectivity index (χ1n) is 7.86. The molecule has 0 unspecified atom stereocenters. The molecule has 10 nitrogen and oxygen atoms in total. The Bertz CT molecular complexity index is 551. The highest BCUT2D eigenvalue weighted by Crippen LogP contribution is 2.09. The first-order chi connectivity index (χ1) is 11.7. The van der Waals surface area contributed by atoms with Gasteiger partial charge in [-0.1, -0.05) is 0 Å². The van der Waals surface area contributed by atoms with E-state index in [0.717, 1.165) is 0 Å². The van der Waals surface area contributed by atoms with Crippen LogP contribution in [0.1, 0.15) is 27.2 Å². The number of nitriles is 1. The van der Waals surface area contributed by atoms with Gasteiger partial charge in [-0.15, -0.1) is 0 Å². The van der Waals surface area contributed by atoms with Gasteiger partial charge in [-0.3, -0.25) is 5.32 Å². The highest BCUT2D eigenvalue weighted by atomic mass is 16.6. The van der Waals surface area contributed by atoms with Crippen molar-refractivity contribution in [1.29, 1.82) is 5.26 Å². The second kappa shape index (κ2) is 9.08. The molecule has 1 saturated heterocycles. The Kier molecular flexibility index (Phi) is 7.44. The zero-order valence-corrected chi connectivity index (χ0v) is 14.9. The predicted octanol–water partition coefficient (Wildman–Crippen LogP) is -0.454. The fraction of sp³-hybridized carbons (Fsp3) is 0.733. The number of aliphatic imine (C=N–C) groups is 1. The molecule has 0 spiro atoms. The number of rotatable bonds is 4. The number of guanidine groups is 1. The maximum Gasteiger partial charge on any atom is 0.408 e. The Morgan fingerprint density at radius 1 is 1.48 bits per heavy atom. The molecular weight excluding hydrogens is 330 g/mol. The largest absolute Gasteiger partial charge is 0.467 e. The van der Waals surface area contributed by atoms with Crippen molar-refractivity contribution in [3.05, 3.63) is 0 Å². The van der Waals surface area contributed by atoms with Crippen LogP contribution < -0.4 is 10.6 Å². The molecule has 0 radical (unpaired) electrons. The van der Waals surface area contributed by atoms with E-state index in [4.69, 9.17) is 10.00 Å². The number of methoxy groups -OCH3 is 1. The number of nitrogens with zero attached hydrogens (tertiary/aromatic N) is 3. The fourth-order valence-corrected chi connectivity index (χ4v) is 2.15. The van der Waals surface area contributed by atoms with E-state index in [1.807, 2.05) is 0 Å². The van der Waals surface area contributed by atoms with Gasteiger partial charge in [0.15, 0.2) is 6.19 Å². The molecule has 3 N–H and O–H groups in total. The van der Waals surface area contributed by atoms with Crippen LogP contribution in [0, 0.1) is 11.5 Å². The minimum Gasteiger partial charge on any atom is -0.467 e. The third kappa shape index (κ3) is 7.26. The van der Waals surface area contributed by atoms with Gasteiger partial charge in [0.05, 0.1) is 19.8 Å². The number of amides is 1. The first-order valence-corrected chi connectivity index (χ1v) is 7.86. The lowest BCUT2D eigenvalue weighted by atomic mass is 10.2. The number of carbonyl (C=O) groups excluding carboxylic acids is 2. The highest BCUT2D eigenvalue weighted by molar-refractivity contribution is 5.84. The molecule has 1 rings (SSSR count). The molecule has 0 aliphatic carbocycles. The second-order valence-electron chi connectivity index (χ2n) is 6.51. The van der Waals surface area contributed by atoms with Crippen molar-refractivity contribution in [2.75, 3.05) is 26.7 Å². The minimum absolute atomic E-state index is 0.150. The van der Waals surface area contributed by atoms with Crippen LogP contribution in [0.2, 0.25) is 0 Å². The third-order valence-electron chi connectivity index (χ3n) is 3.23. The lowest BCUT2D eigenvalue weighted by molar-refractivity contribution is -0.142. The summed E-state index contributed by atoms with van der Waals surface area (Å²) in [6, 6.07) is -1.07. The summed E-state index contributed by atoms with van der Waals surface area (Å²) in [5.74, 6) is -0.466. The summed E-state index contributed by atoms with van der Waals surface area (Å²) >= 11 is 0. The molecule has 0 aromatic carbocycles. The molecule has 1 aliphatic heterocycles. The van der Waals surface area contributed by atoms with E-state index in [2.05, 4.69) is 20.4 Å². The standard InChI is InChI=1S/C15H25N5O5/c1-15(2,3)25-14(23)19-11(12(22)24-4)7-17-13(18-9-16)20-6-5-10(21)8-20/h10-11,21H,5-8H2,1-4H3,(H,17,18)(H,19,23)/t10-,11-/m0/s1. The SMILES string of the molecule is COC(=O)[C@H](CN=C(NC#N)N1CC[C@H](O)C1)NC(=O)OC(C)(C)C. The Hall–Kier alpha value is -2.54. The van der Waals surface area contributed by atoms with Gasteiger partial charge in [-0.05, 0) is 27.2 Å². The van der Waals surface area contributed by atoms with Crippen LogP contribution in [0.3, 0.4) is 0 Å². The monoisotopic (exact) mass is 355 g/mol. The Balaban J connectivity index is 2.80.